The molecule has 0 saturated heterocycles. The lowest BCUT2D eigenvalue weighted by Crippen LogP contribution is -2.44. The van der Waals surface area contributed by atoms with Crippen LogP contribution in [0.25, 0.3) is 0 Å². The molecule has 0 radical (unpaired) electrons. The van der Waals surface area contributed by atoms with Gasteiger partial charge in [0.1, 0.15) is 6.17 Å². The molecule has 1 amide bonds. The van der Waals surface area contributed by atoms with Crippen molar-refractivity contribution in [3.8, 4) is 11.5 Å². The van der Waals surface area contributed by atoms with Gasteiger partial charge in [-0.3, -0.25) is 4.79 Å². The SMILES string of the molecule is COc1cccc([C@H]2NC(=O)c3ccccc3N2C)c1O. The van der Waals surface area contributed by atoms with Crippen LogP contribution in [-0.2, 0) is 0 Å². The molecule has 0 fully saturated rings. The standard InChI is InChI=1S/C16H16N2O3/c1-18-12-8-4-3-6-10(12)16(20)17-15(18)11-7-5-9-13(21-2)14(11)19/h3-9,15,19H,1-2H3,(H,17,20)/t15-/m0/s1. The zero-order valence-electron chi connectivity index (χ0n) is 11.8. The molecule has 3 rings (SSSR count). The number of phenolic OH excluding ortho intramolecular Hbond substituents is 1. The number of benzene rings is 2. The van der Waals surface area contributed by atoms with Crippen LogP contribution >= 0.6 is 0 Å². The third kappa shape index (κ3) is 2.07. The predicted molar refractivity (Wildman–Crippen MR) is 79.7 cm³/mol. The highest BCUT2D eigenvalue weighted by atomic mass is 16.5. The van der Waals surface area contributed by atoms with E-state index in [9.17, 15) is 9.90 Å². The molecule has 0 bridgehead atoms. The number of nitrogens with one attached hydrogen (secondary N) is 1. The van der Waals surface area contributed by atoms with Crippen molar-refractivity contribution < 1.29 is 14.6 Å². The minimum Gasteiger partial charge on any atom is -0.504 e. The first-order chi connectivity index (χ1) is 10.1. The maximum Gasteiger partial charge on any atom is 0.255 e. The molecular formula is C16H16N2O3. The van der Waals surface area contributed by atoms with Crippen LogP contribution in [0, 0.1) is 0 Å². The highest BCUT2D eigenvalue weighted by Crippen LogP contribution is 2.38. The van der Waals surface area contributed by atoms with E-state index in [1.807, 2.05) is 30.1 Å². The summed E-state index contributed by atoms with van der Waals surface area (Å²) < 4.78 is 5.13. The fourth-order valence-electron chi connectivity index (χ4n) is 2.62. The Morgan fingerprint density at radius 2 is 1.95 bits per heavy atom. The lowest BCUT2D eigenvalue weighted by atomic mass is 10.0. The lowest BCUT2D eigenvalue weighted by molar-refractivity contribution is 0.0927. The van der Waals surface area contributed by atoms with Gasteiger partial charge in [-0.25, -0.2) is 0 Å². The largest absolute Gasteiger partial charge is 0.504 e. The molecule has 1 aliphatic heterocycles. The van der Waals surface area contributed by atoms with E-state index in [0.717, 1.165) is 5.69 Å². The monoisotopic (exact) mass is 284 g/mol. The van der Waals surface area contributed by atoms with E-state index < -0.39 is 6.17 Å². The first-order valence-corrected chi connectivity index (χ1v) is 6.62. The number of methoxy groups -OCH3 is 1. The zero-order valence-corrected chi connectivity index (χ0v) is 11.8. The van der Waals surface area contributed by atoms with E-state index >= 15 is 0 Å². The van der Waals surface area contributed by atoms with Gasteiger partial charge in [0.15, 0.2) is 11.5 Å². The third-order valence-corrected chi connectivity index (χ3v) is 3.73. The van der Waals surface area contributed by atoms with Crippen molar-refractivity contribution >= 4 is 11.6 Å². The Balaban J connectivity index is 2.08. The number of aromatic hydroxyl groups is 1. The summed E-state index contributed by atoms with van der Waals surface area (Å²) in [5.41, 5.74) is 2.05. The minimum atomic E-state index is -0.442. The lowest BCUT2D eigenvalue weighted by Gasteiger charge is -2.36. The molecule has 1 atom stereocenters. The third-order valence-electron chi connectivity index (χ3n) is 3.73. The van der Waals surface area contributed by atoms with Gasteiger partial charge in [0.2, 0.25) is 0 Å². The quantitative estimate of drug-likeness (QED) is 0.888. The van der Waals surface area contributed by atoms with E-state index in [4.69, 9.17) is 4.74 Å². The van der Waals surface area contributed by atoms with Gasteiger partial charge in [0, 0.05) is 12.6 Å². The van der Waals surface area contributed by atoms with Crippen molar-refractivity contribution in [2.24, 2.45) is 0 Å². The number of ether oxygens (including phenoxy) is 1. The van der Waals surface area contributed by atoms with Crippen molar-refractivity contribution in [2.45, 2.75) is 6.17 Å². The molecule has 2 N–H and O–H groups in total. The number of anilines is 1. The summed E-state index contributed by atoms with van der Waals surface area (Å²) in [7, 11) is 3.37. The highest BCUT2D eigenvalue weighted by molar-refractivity contribution is 6.02. The maximum atomic E-state index is 12.2. The molecule has 21 heavy (non-hydrogen) atoms. The van der Waals surface area contributed by atoms with Gasteiger partial charge in [0.25, 0.3) is 5.91 Å². The molecule has 0 saturated carbocycles. The van der Waals surface area contributed by atoms with Gasteiger partial charge in [-0.05, 0) is 18.2 Å². The summed E-state index contributed by atoms with van der Waals surface area (Å²) in [6.07, 6.45) is -0.442. The van der Waals surface area contributed by atoms with Crippen LogP contribution in [0.5, 0.6) is 11.5 Å². The minimum absolute atomic E-state index is 0.0385. The Morgan fingerprint density at radius 3 is 2.71 bits per heavy atom. The highest BCUT2D eigenvalue weighted by Gasteiger charge is 2.31. The van der Waals surface area contributed by atoms with Crippen molar-refractivity contribution in [2.75, 3.05) is 19.1 Å². The number of para-hydroxylation sites is 2. The number of phenols is 1. The van der Waals surface area contributed by atoms with Gasteiger partial charge in [-0.15, -0.1) is 0 Å². The predicted octanol–water partition coefficient (Wildman–Crippen LogP) is 2.28. The number of nitrogens with zero attached hydrogens (tertiary/aromatic N) is 1. The number of carbonyl (C=O) groups is 1. The number of fused-ring (bicyclic) bond motifs is 1. The van der Waals surface area contributed by atoms with Gasteiger partial charge in [0.05, 0.1) is 18.4 Å². The molecule has 5 heteroatoms. The van der Waals surface area contributed by atoms with Crippen LogP contribution in [0.1, 0.15) is 22.1 Å². The second-order valence-corrected chi connectivity index (χ2v) is 4.90. The van der Waals surface area contributed by atoms with E-state index in [1.54, 1.807) is 24.3 Å². The van der Waals surface area contributed by atoms with Crippen LogP contribution in [0.4, 0.5) is 5.69 Å². The summed E-state index contributed by atoms with van der Waals surface area (Å²) in [6, 6.07) is 12.6. The van der Waals surface area contributed by atoms with E-state index in [-0.39, 0.29) is 11.7 Å². The van der Waals surface area contributed by atoms with Crippen LogP contribution in [-0.4, -0.2) is 25.2 Å². The summed E-state index contributed by atoms with van der Waals surface area (Å²) in [5.74, 6) is 0.265. The first-order valence-electron chi connectivity index (χ1n) is 6.62. The van der Waals surface area contributed by atoms with Crippen LogP contribution in [0.15, 0.2) is 42.5 Å². The summed E-state index contributed by atoms with van der Waals surface area (Å²) in [5, 5.41) is 13.2. The van der Waals surface area contributed by atoms with Gasteiger partial charge < -0.3 is 20.1 Å². The average Bonchev–Trinajstić information content (AvgIpc) is 2.51. The first kappa shape index (κ1) is 13.3. The van der Waals surface area contributed by atoms with Gasteiger partial charge in [-0.2, -0.15) is 0 Å². The Morgan fingerprint density at radius 1 is 1.19 bits per heavy atom. The Labute approximate surface area is 122 Å². The van der Waals surface area contributed by atoms with E-state index in [0.29, 0.717) is 16.9 Å². The van der Waals surface area contributed by atoms with E-state index in [2.05, 4.69) is 5.32 Å². The molecule has 0 spiro atoms. The fraction of sp³-hybridized carbons (Fsp3) is 0.188. The van der Waals surface area contributed by atoms with Crippen LogP contribution < -0.4 is 15.0 Å². The Kier molecular flexibility index (Phi) is 3.17. The van der Waals surface area contributed by atoms with Crippen LogP contribution in [0.3, 0.4) is 0 Å². The molecule has 1 heterocycles. The maximum absolute atomic E-state index is 12.2. The van der Waals surface area contributed by atoms with Crippen molar-refractivity contribution in [1.29, 1.82) is 0 Å². The fourth-order valence-corrected chi connectivity index (χ4v) is 2.62. The molecule has 108 valence electrons. The summed E-state index contributed by atoms with van der Waals surface area (Å²) in [6.45, 7) is 0. The normalized spacial score (nSPS) is 17.1. The van der Waals surface area contributed by atoms with Crippen LogP contribution in [0.2, 0.25) is 0 Å². The molecule has 2 aromatic rings. The molecule has 1 aliphatic rings. The zero-order chi connectivity index (χ0) is 15.0. The van der Waals surface area contributed by atoms with Gasteiger partial charge >= 0.3 is 0 Å². The van der Waals surface area contributed by atoms with E-state index in [1.165, 1.54) is 7.11 Å². The molecule has 5 nitrogen and oxygen atoms in total. The van der Waals surface area contributed by atoms with Crippen molar-refractivity contribution in [3.05, 3.63) is 53.6 Å². The summed E-state index contributed by atoms with van der Waals surface area (Å²) >= 11 is 0. The number of hydrogen-bond acceptors (Lipinski definition) is 4. The van der Waals surface area contributed by atoms with Crippen molar-refractivity contribution in [3.63, 3.8) is 0 Å². The second-order valence-electron chi connectivity index (χ2n) is 4.90. The number of amides is 1. The summed E-state index contributed by atoms with van der Waals surface area (Å²) in [4.78, 5) is 14.2. The topological polar surface area (TPSA) is 61.8 Å². The van der Waals surface area contributed by atoms with Crippen molar-refractivity contribution in [1.82, 2.24) is 5.32 Å². The van der Waals surface area contributed by atoms with Gasteiger partial charge in [-0.1, -0.05) is 24.3 Å². The molecule has 0 aliphatic carbocycles. The average molecular weight is 284 g/mol. The Bertz CT molecular complexity index is 700. The molecule has 2 aromatic carbocycles. The molecule has 0 aromatic heterocycles. The molecule has 0 unspecified atom stereocenters. The number of hydrogen-bond donors (Lipinski definition) is 2. The number of carbonyl (C=O) groups excluding carboxylic acids is 1. The Hall–Kier alpha value is -2.69. The number of rotatable bonds is 2. The molecular weight excluding hydrogens is 268 g/mol. The second kappa shape index (κ2) is 5.01. The smallest absolute Gasteiger partial charge is 0.255 e.